The molecule has 21 heavy (non-hydrogen) atoms. The Morgan fingerprint density at radius 1 is 1.38 bits per heavy atom. The average molecular weight is 334 g/mol. The van der Waals surface area contributed by atoms with Gasteiger partial charge in [0.25, 0.3) is 0 Å². The van der Waals surface area contributed by atoms with E-state index < -0.39 is 15.8 Å². The maximum atomic E-state index is 11.5. The molecular weight excluding hydrogens is 318 g/mol. The van der Waals surface area contributed by atoms with Crippen LogP contribution < -0.4 is 9.64 Å². The Balaban J connectivity index is 2.40. The first-order valence-electron chi connectivity index (χ1n) is 6.49. The molecule has 1 heterocycles. The highest BCUT2D eigenvalue weighted by molar-refractivity contribution is 7.91. The summed E-state index contributed by atoms with van der Waals surface area (Å²) in [5, 5.41) is 9.47. The van der Waals surface area contributed by atoms with E-state index in [9.17, 15) is 13.2 Å². The topological polar surface area (TPSA) is 83.9 Å². The molecule has 116 valence electrons. The number of halogens is 1. The van der Waals surface area contributed by atoms with E-state index in [0.717, 1.165) is 0 Å². The van der Waals surface area contributed by atoms with Gasteiger partial charge in [0.15, 0.2) is 9.84 Å². The maximum Gasteiger partial charge on any atom is 0.335 e. The van der Waals surface area contributed by atoms with Crippen LogP contribution in [0.15, 0.2) is 12.1 Å². The number of carboxylic acid groups (broad SMARTS) is 1. The van der Waals surface area contributed by atoms with Gasteiger partial charge < -0.3 is 14.7 Å². The third-order valence-corrected chi connectivity index (χ3v) is 5.24. The van der Waals surface area contributed by atoms with Crippen molar-refractivity contribution in [2.45, 2.75) is 6.92 Å². The molecule has 6 nitrogen and oxygen atoms in total. The third-order valence-electron chi connectivity index (χ3n) is 3.25. The molecule has 8 heteroatoms. The SMILES string of the molecule is CCOc1cc(C(=O)O)cc(N2CCS(=O)(=O)CC2)c1Cl. The molecule has 0 aromatic heterocycles. The average Bonchev–Trinajstić information content (AvgIpc) is 2.41. The molecule has 1 aromatic rings. The van der Waals surface area contributed by atoms with E-state index in [2.05, 4.69) is 0 Å². The van der Waals surface area contributed by atoms with E-state index in [1.807, 2.05) is 0 Å². The van der Waals surface area contributed by atoms with Crippen molar-refractivity contribution in [3.05, 3.63) is 22.7 Å². The standard InChI is InChI=1S/C13H16ClNO5S/c1-2-20-11-8-9(13(16)17)7-10(12(11)14)15-3-5-21(18,19)6-4-15/h7-8H,2-6H2,1H3,(H,16,17). The number of carboxylic acids is 1. The van der Waals surface area contributed by atoms with Crippen LogP contribution in [0.5, 0.6) is 5.75 Å². The number of carbonyl (C=O) groups is 1. The third kappa shape index (κ3) is 3.59. The van der Waals surface area contributed by atoms with E-state index >= 15 is 0 Å². The first-order valence-corrected chi connectivity index (χ1v) is 8.69. The number of anilines is 1. The van der Waals surface area contributed by atoms with E-state index in [1.165, 1.54) is 12.1 Å². The van der Waals surface area contributed by atoms with Gasteiger partial charge in [-0.25, -0.2) is 13.2 Å². The predicted octanol–water partition coefficient (Wildman–Crippen LogP) is 1.67. The van der Waals surface area contributed by atoms with Gasteiger partial charge in [-0.2, -0.15) is 0 Å². The minimum atomic E-state index is -3.02. The van der Waals surface area contributed by atoms with Crippen molar-refractivity contribution in [3.63, 3.8) is 0 Å². The molecule has 0 saturated carbocycles. The van der Waals surface area contributed by atoms with Crippen LogP contribution in [0.2, 0.25) is 5.02 Å². The summed E-state index contributed by atoms with van der Waals surface area (Å²) in [6.07, 6.45) is 0. The summed E-state index contributed by atoms with van der Waals surface area (Å²) in [6.45, 7) is 2.71. The van der Waals surface area contributed by atoms with Crippen molar-refractivity contribution in [1.82, 2.24) is 0 Å². The highest BCUT2D eigenvalue weighted by atomic mass is 35.5. The van der Waals surface area contributed by atoms with Gasteiger partial charge in [0.1, 0.15) is 10.8 Å². The first kappa shape index (κ1) is 15.9. The fourth-order valence-electron chi connectivity index (χ4n) is 2.15. The zero-order valence-corrected chi connectivity index (χ0v) is 13.1. The molecule has 0 aliphatic carbocycles. The van der Waals surface area contributed by atoms with Gasteiger partial charge in [-0.1, -0.05) is 11.6 Å². The van der Waals surface area contributed by atoms with Gasteiger partial charge >= 0.3 is 5.97 Å². The van der Waals surface area contributed by atoms with Crippen molar-refractivity contribution in [1.29, 1.82) is 0 Å². The summed E-state index contributed by atoms with van der Waals surface area (Å²) >= 11 is 6.26. The van der Waals surface area contributed by atoms with Crippen LogP contribution >= 0.6 is 11.6 Å². The van der Waals surface area contributed by atoms with Crippen molar-refractivity contribution >= 4 is 33.1 Å². The molecule has 1 saturated heterocycles. The highest BCUT2D eigenvalue weighted by Crippen LogP contribution is 2.37. The van der Waals surface area contributed by atoms with E-state index in [4.69, 9.17) is 21.4 Å². The minimum Gasteiger partial charge on any atom is -0.492 e. The fourth-order valence-corrected chi connectivity index (χ4v) is 3.64. The number of benzene rings is 1. The lowest BCUT2D eigenvalue weighted by molar-refractivity contribution is 0.0696. The lowest BCUT2D eigenvalue weighted by atomic mass is 10.1. The molecule has 0 radical (unpaired) electrons. The molecule has 0 bridgehead atoms. The molecule has 1 aromatic carbocycles. The normalized spacial score (nSPS) is 17.5. The molecule has 0 unspecified atom stereocenters. The molecule has 2 rings (SSSR count). The van der Waals surface area contributed by atoms with Crippen LogP contribution in [-0.4, -0.2) is 50.7 Å². The van der Waals surface area contributed by atoms with Crippen LogP contribution in [0.3, 0.4) is 0 Å². The van der Waals surface area contributed by atoms with Gasteiger partial charge in [0, 0.05) is 13.1 Å². The molecule has 1 fully saturated rings. The Morgan fingerprint density at radius 2 is 2.00 bits per heavy atom. The Kier molecular flexibility index (Phi) is 4.63. The number of hydrogen-bond acceptors (Lipinski definition) is 5. The Bertz CT molecular complexity index is 645. The summed E-state index contributed by atoms with van der Waals surface area (Å²) in [7, 11) is -3.02. The lowest BCUT2D eigenvalue weighted by Crippen LogP contribution is -2.40. The Hall–Kier alpha value is -1.47. The second kappa shape index (κ2) is 6.11. The summed E-state index contributed by atoms with van der Waals surface area (Å²) in [5.41, 5.74) is 0.557. The first-order chi connectivity index (χ1) is 9.84. The van der Waals surface area contributed by atoms with Crippen LogP contribution in [-0.2, 0) is 9.84 Å². The molecule has 0 atom stereocenters. The van der Waals surface area contributed by atoms with Crippen molar-refractivity contribution in [2.24, 2.45) is 0 Å². The highest BCUT2D eigenvalue weighted by Gasteiger charge is 2.25. The molecule has 0 spiro atoms. The number of hydrogen-bond donors (Lipinski definition) is 1. The van der Waals surface area contributed by atoms with E-state index in [1.54, 1.807) is 11.8 Å². The summed E-state index contributed by atoms with van der Waals surface area (Å²) in [6, 6.07) is 2.82. The Morgan fingerprint density at radius 3 is 2.52 bits per heavy atom. The van der Waals surface area contributed by atoms with Gasteiger partial charge in [0.2, 0.25) is 0 Å². The summed E-state index contributed by atoms with van der Waals surface area (Å²) in [4.78, 5) is 13.0. The van der Waals surface area contributed by atoms with Crippen molar-refractivity contribution in [3.8, 4) is 5.75 Å². The Labute approximate surface area is 128 Å². The lowest BCUT2D eigenvalue weighted by Gasteiger charge is -2.30. The number of aromatic carboxylic acids is 1. The monoisotopic (exact) mass is 333 g/mol. The zero-order valence-electron chi connectivity index (χ0n) is 11.5. The zero-order chi connectivity index (χ0) is 15.6. The summed E-state index contributed by atoms with van der Waals surface area (Å²) < 4.78 is 28.3. The number of rotatable bonds is 4. The smallest absolute Gasteiger partial charge is 0.335 e. The second-order valence-corrected chi connectivity index (χ2v) is 7.37. The van der Waals surface area contributed by atoms with Gasteiger partial charge in [-0.3, -0.25) is 0 Å². The largest absolute Gasteiger partial charge is 0.492 e. The van der Waals surface area contributed by atoms with E-state index in [0.29, 0.717) is 23.1 Å². The van der Waals surface area contributed by atoms with E-state index in [-0.39, 0.29) is 30.2 Å². The van der Waals surface area contributed by atoms with Gasteiger partial charge in [0.05, 0.1) is 29.4 Å². The molecule has 0 amide bonds. The van der Waals surface area contributed by atoms with Crippen LogP contribution in [0.1, 0.15) is 17.3 Å². The van der Waals surface area contributed by atoms with Crippen LogP contribution in [0.25, 0.3) is 0 Å². The minimum absolute atomic E-state index is 0.0323. The predicted molar refractivity (Wildman–Crippen MR) is 80.4 cm³/mol. The van der Waals surface area contributed by atoms with Gasteiger partial charge in [-0.05, 0) is 19.1 Å². The molecular formula is C13H16ClNO5S. The second-order valence-electron chi connectivity index (χ2n) is 4.68. The fraction of sp³-hybridized carbons (Fsp3) is 0.462. The number of nitrogens with zero attached hydrogens (tertiary/aromatic N) is 1. The van der Waals surface area contributed by atoms with Gasteiger partial charge in [-0.15, -0.1) is 0 Å². The number of sulfone groups is 1. The quantitative estimate of drug-likeness (QED) is 0.902. The molecule has 1 aliphatic rings. The molecule has 1 N–H and O–H groups in total. The molecule has 1 aliphatic heterocycles. The summed E-state index contributed by atoms with van der Waals surface area (Å²) in [5.74, 6) is -0.726. The van der Waals surface area contributed by atoms with Crippen molar-refractivity contribution < 1.29 is 23.1 Å². The maximum absolute atomic E-state index is 11.5. The van der Waals surface area contributed by atoms with Crippen LogP contribution in [0.4, 0.5) is 5.69 Å². The van der Waals surface area contributed by atoms with Crippen LogP contribution in [0, 0.1) is 0 Å². The number of ether oxygens (including phenoxy) is 1. The van der Waals surface area contributed by atoms with Crippen molar-refractivity contribution in [2.75, 3.05) is 36.1 Å².